The van der Waals surface area contributed by atoms with Gasteiger partial charge in [-0.1, -0.05) is 12.1 Å². The quantitative estimate of drug-likeness (QED) is 0.456. The van der Waals surface area contributed by atoms with Gasteiger partial charge in [-0.3, -0.25) is 0 Å². The first-order valence-corrected chi connectivity index (χ1v) is 10.7. The summed E-state index contributed by atoms with van der Waals surface area (Å²) in [5, 5.41) is 12.5. The van der Waals surface area contributed by atoms with Crippen LogP contribution in [0.4, 0.5) is 13.2 Å². The van der Waals surface area contributed by atoms with Gasteiger partial charge < -0.3 is 10.6 Å². The summed E-state index contributed by atoms with van der Waals surface area (Å²) in [6, 6.07) is 6.03. The Bertz CT molecular complexity index is 909. The fourth-order valence-corrected chi connectivity index (χ4v) is 3.46. The number of aliphatic imine (C=N–C) groups is 1. The minimum Gasteiger partial charge on any atom is -0.357 e. The van der Waals surface area contributed by atoms with Crippen molar-refractivity contribution >= 4 is 27.3 Å². The van der Waals surface area contributed by atoms with Crippen molar-refractivity contribution in [1.29, 1.82) is 0 Å². The third-order valence-corrected chi connectivity index (χ3v) is 5.33. The maximum Gasteiger partial charge on any atom is 0.434 e. The second kappa shape index (κ2) is 9.34. The van der Waals surface area contributed by atoms with Gasteiger partial charge in [-0.2, -0.15) is 13.2 Å². The number of nitrogens with two attached hydrogens (primary N) is 1. The number of thiazole rings is 1. The molecule has 0 aliphatic heterocycles. The minimum atomic E-state index is -4.43. The number of alkyl halides is 3. The molecule has 0 atom stereocenters. The van der Waals surface area contributed by atoms with Gasteiger partial charge in [-0.15, -0.1) is 11.3 Å². The lowest BCUT2D eigenvalue weighted by Crippen LogP contribution is -2.38. The number of nitrogens with zero attached hydrogens (tertiary/aromatic N) is 2. The molecule has 0 bridgehead atoms. The van der Waals surface area contributed by atoms with Crippen molar-refractivity contribution in [3.63, 3.8) is 0 Å². The van der Waals surface area contributed by atoms with Crippen molar-refractivity contribution in [2.45, 2.75) is 31.0 Å². The van der Waals surface area contributed by atoms with Crippen molar-refractivity contribution < 1.29 is 21.6 Å². The van der Waals surface area contributed by atoms with Crippen LogP contribution in [0.2, 0.25) is 0 Å². The average molecular weight is 435 g/mol. The molecule has 2 aromatic rings. The molecule has 0 aliphatic rings. The topological polar surface area (TPSA) is 109 Å². The monoisotopic (exact) mass is 435 g/mol. The van der Waals surface area contributed by atoms with Crippen LogP contribution in [0.25, 0.3) is 0 Å². The largest absolute Gasteiger partial charge is 0.434 e. The Labute approximate surface area is 164 Å². The predicted octanol–water partition coefficient (Wildman–Crippen LogP) is 2.11. The molecule has 0 saturated heterocycles. The molecular formula is C16H20F3N5O2S2. The summed E-state index contributed by atoms with van der Waals surface area (Å²) in [6.07, 6.45) is -4.11. The van der Waals surface area contributed by atoms with E-state index in [0.29, 0.717) is 30.5 Å². The fraction of sp³-hybridized carbons (Fsp3) is 0.375. The normalized spacial score (nSPS) is 12.8. The Morgan fingerprint density at radius 1 is 1.25 bits per heavy atom. The van der Waals surface area contributed by atoms with E-state index in [1.54, 1.807) is 12.1 Å². The second-order valence-corrected chi connectivity index (χ2v) is 8.19. The van der Waals surface area contributed by atoms with Gasteiger partial charge in [0, 0.05) is 24.9 Å². The van der Waals surface area contributed by atoms with E-state index in [1.807, 2.05) is 6.92 Å². The molecule has 1 aromatic heterocycles. The standard InChI is InChI=1S/C16H20F3N5O2S2/c1-2-21-15(22-8-7-14-24-13(10-27-14)16(17,18)19)23-9-11-3-5-12(6-4-11)28(20,25)26/h3-6,10H,2,7-9H2,1H3,(H2,20,25,26)(H2,21,22,23). The molecule has 1 aromatic carbocycles. The highest BCUT2D eigenvalue weighted by Crippen LogP contribution is 2.29. The van der Waals surface area contributed by atoms with E-state index in [2.05, 4.69) is 20.6 Å². The molecule has 2 rings (SSSR count). The van der Waals surface area contributed by atoms with Crippen LogP contribution in [-0.4, -0.2) is 32.5 Å². The lowest BCUT2D eigenvalue weighted by Gasteiger charge is -2.10. The van der Waals surface area contributed by atoms with E-state index in [0.717, 1.165) is 22.3 Å². The number of hydrogen-bond donors (Lipinski definition) is 3. The van der Waals surface area contributed by atoms with Crippen molar-refractivity contribution in [2.75, 3.05) is 13.1 Å². The number of hydrogen-bond acceptors (Lipinski definition) is 5. The Kier molecular flexibility index (Phi) is 7.38. The number of guanidine groups is 1. The smallest absolute Gasteiger partial charge is 0.357 e. The number of primary sulfonamides is 1. The maximum absolute atomic E-state index is 12.6. The van der Waals surface area contributed by atoms with Crippen LogP contribution in [0.3, 0.4) is 0 Å². The Balaban J connectivity index is 1.92. The van der Waals surface area contributed by atoms with E-state index in [1.165, 1.54) is 12.1 Å². The van der Waals surface area contributed by atoms with Gasteiger partial charge >= 0.3 is 6.18 Å². The molecule has 28 heavy (non-hydrogen) atoms. The number of rotatable bonds is 7. The number of benzene rings is 1. The van der Waals surface area contributed by atoms with Gasteiger partial charge in [0.15, 0.2) is 11.7 Å². The Morgan fingerprint density at radius 3 is 2.46 bits per heavy atom. The molecule has 7 nitrogen and oxygen atoms in total. The molecule has 0 saturated carbocycles. The Hall–Kier alpha value is -2.18. The van der Waals surface area contributed by atoms with Crippen LogP contribution < -0.4 is 15.8 Å². The van der Waals surface area contributed by atoms with E-state index in [9.17, 15) is 21.6 Å². The van der Waals surface area contributed by atoms with Crippen molar-refractivity contribution in [3.05, 3.63) is 45.9 Å². The molecule has 0 aliphatic carbocycles. The number of aromatic nitrogens is 1. The van der Waals surface area contributed by atoms with E-state index >= 15 is 0 Å². The molecule has 154 valence electrons. The molecule has 0 unspecified atom stereocenters. The number of nitrogens with one attached hydrogen (secondary N) is 2. The zero-order valence-electron chi connectivity index (χ0n) is 15.0. The number of sulfonamides is 1. The van der Waals surface area contributed by atoms with Gasteiger partial charge in [0.05, 0.1) is 16.4 Å². The van der Waals surface area contributed by atoms with Gasteiger partial charge in [0.2, 0.25) is 10.0 Å². The maximum atomic E-state index is 12.6. The van der Waals surface area contributed by atoms with Gasteiger partial charge in [-0.25, -0.2) is 23.5 Å². The Morgan fingerprint density at radius 2 is 1.93 bits per heavy atom. The van der Waals surface area contributed by atoms with Crippen LogP contribution in [0, 0.1) is 0 Å². The second-order valence-electron chi connectivity index (χ2n) is 5.69. The first-order chi connectivity index (χ1) is 13.1. The van der Waals surface area contributed by atoms with Crippen LogP contribution in [0.1, 0.15) is 23.2 Å². The predicted molar refractivity (Wildman–Crippen MR) is 101 cm³/mol. The highest BCUT2D eigenvalue weighted by atomic mass is 32.2. The molecule has 0 fully saturated rings. The zero-order valence-corrected chi connectivity index (χ0v) is 16.6. The zero-order chi connectivity index (χ0) is 20.8. The SMILES string of the molecule is CCNC(=NCc1ccc(S(N)(=O)=O)cc1)NCCc1nc(C(F)(F)F)cs1. The van der Waals surface area contributed by atoms with Crippen molar-refractivity contribution in [2.24, 2.45) is 10.1 Å². The first kappa shape index (κ1) is 22.1. The molecule has 1 heterocycles. The fourth-order valence-electron chi connectivity index (χ4n) is 2.14. The van der Waals surface area contributed by atoms with E-state index < -0.39 is 21.9 Å². The molecule has 12 heteroatoms. The molecule has 0 spiro atoms. The van der Waals surface area contributed by atoms with Crippen LogP contribution in [-0.2, 0) is 29.2 Å². The summed E-state index contributed by atoms with van der Waals surface area (Å²) < 4.78 is 60.2. The lowest BCUT2D eigenvalue weighted by atomic mass is 10.2. The summed E-state index contributed by atoms with van der Waals surface area (Å²) >= 11 is 0.964. The summed E-state index contributed by atoms with van der Waals surface area (Å²) in [5.41, 5.74) is -0.102. The van der Waals surface area contributed by atoms with Gasteiger partial charge in [0.25, 0.3) is 0 Å². The van der Waals surface area contributed by atoms with Crippen molar-refractivity contribution in [1.82, 2.24) is 15.6 Å². The third-order valence-electron chi connectivity index (χ3n) is 3.49. The van der Waals surface area contributed by atoms with Crippen LogP contribution in [0.5, 0.6) is 0 Å². The summed E-state index contributed by atoms with van der Waals surface area (Å²) in [5.74, 6) is 0.491. The van der Waals surface area contributed by atoms with E-state index in [-0.39, 0.29) is 11.4 Å². The minimum absolute atomic E-state index is 0.0203. The van der Waals surface area contributed by atoms with Gasteiger partial charge in [-0.05, 0) is 24.6 Å². The molecule has 4 N–H and O–H groups in total. The average Bonchev–Trinajstić information content (AvgIpc) is 3.08. The highest BCUT2D eigenvalue weighted by molar-refractivity contribution is 7.89. The molecular weight excluding hydrogens is 415 g/mol. The number of halogens is 3. The highest BCUT2D eigenvalue weighted by Gasteiger charge is 2.33. The lowest BCUT2D eigenvalue weighted by molar-refractivity contribution is -0.140. The van der Waals surface area contributed by atoms with Crippen molar-refractivity contribution in [3.8, 4) is 0 Å². The van der Waals surface area contributed by atoms with E-state index in [4.69, 9.17) is 5.14 Å². The molecule has 0 radical (unpaired) electrons. The third kappa shape index (κ3) is 6.77. The van der Waals surface area contributed by atoms with Gasteiger partial charge in [0.1, 0.15) is 0 Å². The van der Waals surface area contributed by atoms with Crippen LogP contribution >= 0.6 is 11.3 Å². The summed E-state index contributed by atoms with van der Waals surface area (Å²) in [4.78, 5) is 7.97. The summed E-state index contributed by atoms with van der Waals surface area (Å²) in [7, 11) is -3.74. The van der Waals surface area contributed by atoms with Crippen LogP contribution in [0.15, 0.2) is 39.5 Å². The molecule has 0 amide bonds. The first-order valence-electron chi connectivity index (χ1n) is 8.25. The summed E-state index contributed by atoms with van der Waals surface area (Å²) in [6.45, 7) is 3.14.